The quantitative estimate of drug-likeness (QED) is 0.477. The smallest absolute Gasteiger partial charge is 0.261 e. The van der Waals surface area contributed by atoms with E-state index in [9.17, 15) is 19.8 Å². The molecule has 1 aliphatic heterocycles. The minimum atomic E-state index is -1.15. The van der Waals surface area contributed by atoms with Crippen LogP contribution < -0.4 is 16.2 Å². The van der Waals surface area contributed by atoms with Crippen molar-refractivity contribution in [2.45, 2.75) is 70.4 Å². The first-order chi connectivity index (χ1) is 15.6. The lowest BCUT2D eigenvalue weighted by molar-refractivity contribution is -0.0944. The third-order valence-electron chi connectivity index (χ3n) is 7.69. The molecule has 0 spiro atoms. The monoisotopic (exact) mass is 453 g/mol. The van der Waals surface area contributed by atoms with E-state index in [4.69, 9.17) is 0 Å². The summed E-state index contributed by atoms with van der Waals surface area (Å²) in [5, 5.41) is 28.7. The number of nitrogens with one attached hydrogen (secondary N) is 3. The number of aryl methyl sites for hydroxylation is 1. The topological polar surface area (TPSA) is 114 Å². The van der Waals surface area contributed by atoms with Gasteiger partial charge >= 0.3 is 0 Å². The van der Waals surface area contributed by atoms with Crippen LogP contribution in [0.2, 0.25) is 0 Å². The largest absolute Gasteiger partial charge is 0.508 e. The van der Waals surface area contributed by atoms with Gasteiger partial charge in [0.25, 0.3) is 11.5 Å². The molecule has 0 bridgehead atoms. The number of aromatic amines is 1. The average molecular weight is 454 g/mol. The standard InChI is InChI=1S/C26H35N3O4/c1-15(2)7-9-28-23(31)20-11-18-13-26(33)17(4)27-10-8-25(26,14-22(18)29-24(20)32)21-12-19(30)6-5-16(21)3/h5-6,11-12,15,17,27,30,33H,7-10,13-14H2,1-4H3,(H,28,31)(H,29,32). The molecular formula is C26H35N3O4. The molecule has 1 amide bonds. The second-order valence-corrected chi connectivity index (χ2v) is 10.2. The predicted molar refractivity (Wildman–Crippen MR) is 128 cm³/mol. The van der Waals surface area contributed by atoms with E-state index in [1.54, 1.807) is 18.2 Å². The number of carbonyl (C=O) groups excluding carboxylic acids is 1. The molecule has 7 nitrogen and oxygen atoms in total. The Bertz CT molecular complexity index is 1130. The van der Waals surface area contributed by atoms with Crippen LogP contribution in [0.5, 0.6) is 5.75 Å². The highest BCUT2D eigenvalue weighted by molar-refractivity contribution is 5.94. The van der Waals surface area contributed by atoms with Gasteiger partial charge in [0.05, 0.1) is 5.60 Å². The highest BCUT2D eigenvalue weighted by Gasteiger charge is 2.59. The molecular weight excluding hydrogens is 418 g/mol. The number of H-pyrrole nitrogens is 1. The molecule has 0 saturated carbocycles. The number of hydrogen-bond acceptors (Lipinski definition) is 5. The van der Waals surface area contributed by atoms with E-state index in [2.05, 4.69) is 29.5 Å². The first-order valence-electron chi connectivity index (χ1n) is 11.9. The summed E-state index contributed by atoms with van der Waals surface area (Å²) in [4.78, 5) is 28.5. The van der Waals surface area contributed by atoms with Gasteiger partial charge in [-0.25, -0.2) is 0 Å². The Kier molecular flexibility index (Phi) is 6.14. The highest BCUT2D eigenvalue weighted by atomic mass is 16.3. The van der Waals surface area contributed by atoms with Crippen LogP contribution in [0.1, 0.15) is 66.4 Å². The van der Waals surface area contributed by atoms with Crippen molar-refractivity contribution in [1.82, 2.24) is 15.6 Å². The normalized spacial score (nSPS) is 26.5. The van der Waals surface area contributed by atoms with Gasteiger partial charge in [0, 0.05) is 36.5 Å². The Balaban J connectivity index is 1.78. The fourth-order valence-electron chi connectivity index (χ4n) is 5.71. The number of aliphatic hydroxyl groups is 1. The molecule has 3 unspecified atom stereocenters. The maximum Gasteiger partial charge on any atom is 0.261 e. The molecule has 33 heavy (non-hydrogen) atoms. The van der Waals surface area contributed by atoms with Gasteiger partial charge in [0.15, 0.2) is 0 Å². The molecule has 0 radical (unpaired) electrons. The minimum absolute atomic E-state index is 0.0820. The van der Waals surface area contributed by atoms with Crippen molar-refractivity contribution in [2.75, 3.05) is 13.1 Å². The Morgan fingerprint density at radius 3 is 2.76 bits per heavy atom. The van der Waals surface area contributed by atoms with Crippen molar-refractivity contribution in [3.8, 4) is 5.75 Å². The van der Waals surface area contributed by atoms with Crippen LogP contribution in [0, 0.1) is 12.8 Å². The molecule has 2 aliphatic rings. The van der Waals surface area contributed by atoms with E-state index in [-0.39, 0.29) is 23.3 Å². The molecule has 3 atom stereocenters. The van der Waals surface area contributed by atoms with E-state index in [0.29, 0.717) is 38.3 Å². The zero-order valence-corrected chi connectivity index (χ0v) is 19.9. The first-order valence-corrected chi connectivity index (χ1v) is 11.9. The third kappa shape index (κ3) is 3.97. The summed E-state index contributed by atoms with van der Waals surface area (Å²) in [6, 6.07) is 6.71. The van der Waals surface area contributed by atoms with Gasteiger partial charge in [-0.3, -0.25) is 9.59 Å². The average Bonchev–Trinajstić information content (AvgIpc) is 2.74. The number of phenolic OH excluding ortho intramolecular Hbond substituents is 1. The number of amides is 1. The maximum atomic E-state index is 12.9. The van der Waals surface area contributed by atoms with E-state index in [1.165, 1.54) is 0 Å². The first kappa shape index (κ1) is 23.5. The fraction of sp³-hybridized carbons (Fsp3) is 0.538. The van der Waals surface area contributed by atoms with Gasteiger partial charge in [-0.1, -0.05) is 19.9 Å². The lowest BCUT2D eigenvalue weighted by Crippen LogP contribution is -2.70. The highest BCUT2D eigenvalue weighted by Crippen LogP contribution is 2.51. The molecule has 1 aromatic heterocycles. The van der Waals surface area contributed by atoms with Crippen LogP contribution in [-0.4, -0.2) is 45.8 Å². The van der Waals surface area contributed by atoms with Crippen LogP contribution in [-0.2, 0) is 18.3 Å². The second-order valence-electron chi connectivity index (χ2n) is 10.2. The van der Waals surface area contributed by atoms with Crippen molar-refractivity contribution in [3.63, 3.8) is 0 Å². The summed E-state index contributed by atoms with van der Waals surface area (Å²) in [5.41, 5.74) is 1.28. The van der Waals surface area contributed by atoms with Crippen LogP contribution in [0.25, 0.3) is 0 Å². The number of carbonyl (C=O) groups is 1. The van der Waals surface area contributed by atoms with Gasteiger partial charge in [-0.2, -0.15) is 0 Å². The van der Waals surface area contributed by atoms with Crippen LogP contribution in [0.15, 0.2) is 29.1 Å². The molecule has 2 aromatic rings. The molecule has 1 fully saturated rings. The van der Waals surface area contributed by atoms with Crippen molar-refractivity contribution in [2.24, 2.45) is 5.92 Å². The van der Waals surface area contributed by atoms with Gasteiger partial charge in [-0.05, 0) is 74.0 Å². The summed E-state index contributed by atoms with van der Waals surface area (Å²) in [6.45, 7) is 9.35. The molecule has 178 valence electrons. The number of fused-ring (bicyclic) bond motifs is 2. The van der Waals surface area contributed by atoms with Crippen LogP contribution in [0.4, 0.5) is 0 Å². The zero-order chi connectivity index (χ0) is 24.0. The maximum absolute atomic E-state index is 12.9. The van der Waals surface area contributed by atoms with Gasteiger partial charge in [0.2, 0.25) is 0 Å². The number of aromatic nitrogens is 1. The van der Waals surface area contributed by atoms with Gasteiger partial charge in [0.1, 0.15) is 11.3 Å². The summed E-state index contributed by atoms with van der Waals surface area (Å²) in [6.07, 6.45) is 2.23. The molecule has 7 heteroatoms. The third-order valence-corrected chi connectivity index (χ3v) is 7.69. The second kappa shape index (κ2) is 8.61. The van der Waals surface area contributed by atoms with Gasteiger partial charge in [-0.15, -0.1) is 0 Å². The Hall–Kier alpha value is -2.64. The fourth-order valence-corrected chi connectivity index (χ4v) is 5.71. The molecule has 2 heterocycles. The number of piperidine rings is 1. The Morgan fingerprint density at radius 1 is 1.27 bits per heavy atom. The Labute approximate surface area is 194 Å². The number of benzene rings is 1. The zero-order valence-electron chi connectivity index (χ0n) is 19.9. The minimum Gasteiger partial charge on any atom is -0.508 e. The summed E-state index contributed by atoms with van der Waals surface area (Å²) < 4.78 is 0. The van der Waals surface area contributed by atoms with Crippen LogP contribution in [0.3, 0.4) is 0 Å². The SMILES string of the molecule is Cc1ccc(O)cc1C12CCNC(C)C1(O)Cc1cc(C(=O)NCCC(C)C)c(=O)[nH]c1C2. The number of pyridine rings is 1. The molecule has 1 aromatic carbocycles. The van der Waals surface area contributed by atoms with Gasteiger partial charge < -0.3 is 25.8 Å². The lowest BCUT2D eigenvalue weighted by Gasteiger charge is -2.57. The summed E-state index contributed by atoms with van der Waals surface area (Å²) >= 11 is 0. The number of aromatic hydroxyl groups is 1. The van der Waals surface area contributed by atoms with Crippen molar-refractivity contribution in [3.05, 3.63) is 62.6 Å². The molecule has 1 saturated heterocycles. The predicted octanol–water partition coefficient (Wildman–Crippen LogP) is 2.31. The van der Waals surface area contributed by atoms with Crippen molar-refractivity contribution < 1.29 is 15.0 Å². The molecule has 5 N–H and O–H groups in total. The Morgan fingerprint density at radius 2 is 2.03 bits per heavy atom. The number of hydrogen-bond donors (Lipinski definition) is 5. The summed E-state index contributed by atoms with van der Waals surface area (Å²) in [5.74, 6) is 0.226. The van der Waals surface area contributed by atoms with E-state index >= 15 is 0 Å². The molecule has 4 rings (SSSR count). The van der Waals surface area contributed by atoms with E-state index < -0.39 is 16.6 Å². The summed E-state index contributed by atoms with van der Waals surface area (Å²) in [7, 11) is 0. The molecule has 1 aliphatic carbocycles. The van der Waals surface area contributed by atoms with E-state index in [1.807, 2.05) is 19.9 Å². The number of rotatable bonds is 5. The van der Waals surface area contributed by atoms with Crippen molar-refractivity contribution in [1.29, 1.82) is 0 Å². The van der Waals surface area contributed by atoms with Crippen LogP contribution >= 0.6 is 0 Å². The van der Waals surface area contributed by atoms with E-state index in [0.717, 1.165) is 28.8 Å². The number of phenols is 1. The lowest BCUT2D eigenvalue weighted by atomic mass is 9.53. The van der Waals surface area contributed by atoms with Crippen molar-refractivity contribution >= 4 is 5.91 Å².